The predicted molar refractivity (Wildman–Crippen MR) is 75.4 cm³/mol. The minimum Gasteiger partial charge on any atom is -0.411 e. The fourth-order valence-corrected chi connectivity index (χ4v) is 2.74. The van der Waals surface area contributed by atoms with Crippen molar-refractivity contribution in [1.82, 2.24) is 4.90 Å². The third-order valence-electron chi connectivity index (χ3n) is 3.23. The van der Waals surface area contributed by atoms with Gasteiger partial charge in [0.15, 0.2) is 0 Å². The first kappa shape index (κ1) is 14.2. The average Bonchev–Trinajstić information content (AvgIpc) is 2.36. The molecule has 1 aliphatic rings. The van der Waals surface area contributed by atoms with E-state index in [9.17, 15) is 4.79 Å². The van der Waals surface area contributed by atoms with Gasteiger partial charge in [0.05, 0.1) is 5.71 Å². The molecule has 1 fully saturated rings. The quantitative estimate of drug-likeness (QED) is 0.639. The lowest BCUT2D eigenvalue weighted by Gasteiger charge is -2.31. The number of oxime groups is 1. The monoisotopic (exact) mass is 300 g/mol. The van der Waals surface area contributed by atoms with Crippen LogP contribution in [0.15, 0.2) is 23.4 Å². The summed E-state index contributed by atoms with van der Waals surface area (Å²) in [5, 5.41) is 13.0. The molecule has 1 amide bonds. The first-order valence-electron chi connectivity index (χ1n) is 5.97. The van der Waals surface area contributed by atoms with Crippen molar-refractivity contribution in [2.24, 2.45) is 11.1 Å². The topological polar surface area (TPSA) is 52.9 Å². The van der Waals surface area contributed by atoms with Crippen LogP contribution in [0.4, 0.5) is 0 Å². The van der Waals surface area contributed by atoms with Gasteiger partial charge in [-0.3, -0.25) is 4.79 Å². The van der Waals surface area contributed by atoms with Crippen LogP contribution in [0, 0.1) is 5.92 Å². The van der Waals surface area contributed by atoms with Crippen molar-refractivity contribution in [2.45, 2.75) is 13.3 Å². The zero-order valence-electron chi connectivity index (χ0n) is 10.4. The van der Waals surface area contributed by atoms with Gasteiger partial charge in [0.2, 0.25) is 0 Å². The Kier molecular flexibility index (Phi) is 4.32. The zero-order valence-corrected chi connectivity index (χ0v) is 11.9. The molecule has 0 aromatic heterocycles. The fourth-order valence-electron chi connectivity index (χ4n) is 2.22. The van der Waals surface area contributed by atoms with Gasteiger partial charge in [0.1, 0.15) is 0 Å². The molecule has 1 heterocycles. The number of amides is 1. The van der Waals surface area contributed by atoms with Crippen LogP contribution in [-0.4, -0.2) is 34.8 Å². The van der Waals surface area contributed by atoms with Crippen LogP contribution in [0.2, 0.25) is 10.0 Å². The van der Waals surface area contributed by atoms with Crippen LogP contribution in [0.25, 0.3) is 0 Å². The minimum atomic E-state index is -0.103. The zero-order chi connectivity index (χ0) is 14.0. The molecule has 0 spiro atoms. The summed E-state index contributed by atoms with van der Waals surface area (Å²) in [7, 11) is 0. The maximum Gasteiger partial charge on any atom is 0.253 e. The van der Waals surface area contributed by atoms with E-state index in [-0.39, 0.29) is 11.8 Å². The molecule has 1 unspecified atom stereocenters. The van der Waals surface area contributed by atoms with E-state index in [1.165, 1.54) is 0 Å². The summed E-state index contributed by atoms with van der Waals surface area (Å²) in [5.74, 6) is -0.0504. The largest absolute Gasteiger partial charge is 0.411 e. The first-order valence-corrected chi connectivity index (χ1v) is 6.73. The SMILES string of the molecule is CC1CN(C(=O)c2cc(Cl)cc(Cl)c2)CC/C1=N\O. The molecule has 0 aliphatic carbocycles. The van der Waals surface area contributed by atoms with Crippen molar-refractivity contribution in [3.8, 4) is 0 Å². The lowest BCUT2D eigenvalue weighted by atomic mass is 9.97. The van der Waals surface area contributed by atoms with E-state index in [2.05, 4.69) is 5.16 Å². The maximum atomic E-state index is 12.4. The van der Waals surface area contributed by atoms with Crippen molar-refractivity contribution >= 4 is 34.8 Å². The third-order valence-corrected chi connectivity index (χ3v) is 3.66. The number of piperidine rings is 1. The second kappa shape index (κ2) is 5.80. The van der Waals surface area contributed by atoms with E-state index >= 15 is 0 Å². The lowest BCUT2D eigenvalue weighted by Crippen LogP contribution is -2.43. The van der Waals surface area contributed by atoms with Crippen molar-refractivity contribution in [3.05, 3.63) is 33.8 Å². The van der Waals surface area contributed by atoms with Gasteiger partial charge in [-0.1, -0.05) is 35.3 Å². The van der Waals surface area contributed by atoms with Gasteiger partial charge in [-0.15, -0.1) is 0 Å². The molecule has 0 bridgehead atoms. The maximum absolute atomic E-state index is 12.4. The average molecular weight is 301 g/mol. The molecule has 1 aliphatic heterocycles. The summed E-state index contributed by atoms with van der Waals surface area (Å²) < 4.78 is 0. The molecule has 1 aromatic carbocycles. The highest BCUT2D eigenvalue weighted by Crippen LogP contribution is 2.22. The van der Waals surface area contributed by atoms with Crippen molar-refractivity contribution in [1.29, 1.82) is 0 Å². The number of likely N-dealkylation sites (tertiary alicyclic amines) is 1. The molecule has 1 saturated heterocycles. The summed E-state index contributed by atoms with van der Waals surface area (Å²) in [6, 6.07) is 4.81. The van der Waals surface area contributed by atoms with Crippen LogP contribution in [0.3, 0.4) is 0 Å². The molecule has 1 atom stereocenters. The molecular weight excluding hydrogens is 287 g/mol. The van der Waals surface area contributed by atoms with Crippen LogP contribution in [-0.2, 0) is 0 Å². The van der Waals surface area contributed by atoms with Crippen molar-refractivity contribution in [2.75, 3.05) is 13.1 Å². The predicted octanol–water partition coefficient (Wildman–Crippen LogP) is 3.31. The second-order valence-electron chi connectivity index (χ2n) is 4.65. The molecule has 19 heavy (non-hydrogen) atoms. The number of hydrogen-bond donors (Lipinski definition) is 1. The standard InChI is InChI=1S/C13H14Cl2N2O2/c1-8-7-17(3-2-12(8)16-19)13(18)9-4-10(14)6-11(15)5-9/h4-6,8,19H,2-3,7H2,1H3/b16-12+. The Bertz CT molecular complexity index is 511. The number of halogens is 2. The van der Waals surface area contributed by atoms with Gasteiger partial charge in [0, 0.05) is 41.0 Å². The Morgan fingerprint density at radius 2 is 2.00 bits per heavy atom. The smallest absolute Gasteiger partial charge is 0.253 e. The number of nitrogens with zero attached hydrogens (tertiary/aromatic N) is 2. The van der Waals surface area contributed by atoms with Gasteiger partial charge >= 0.3 is 0 Å². The highest BCUT2D eigenvalue weighted by molar-refractivity contribution is 6.35. The Labute approximate surface area is 121 Å². The van der Waals surface area contributed by atoms with Gasteiger partial charge in [-0.25, -0.2) is 0 Å². The molecule has 102 valence electrons. The molecule has 6 heteroatoms. The van der Waals surface area contributed by atoms with E-state index in [0.717, 1.165) is 5.71 Å². The Balaban J connectivity index is 2.16. The van der Waals surface area contributed by atoms with E-state index in [1.54, 1.807) is 23.1 Å². The Morgan fingerprint density at radius 1 is 1.37 bits per heavy atom. The molecule has 0 radical (unpaired) electrons. The molecule has 1 N–H and O–H groups in total. The normalized spacial score (nSPS) is 21.7. The summed E-state index contributed by atoms with van der Waals surface area (Å²) >= 11 is 11.8. The van der Waals surface area contributed by atoms with Crippen molar-refractivity contribution in [3.63, 3.8) is 0 Å². The molecule has 4 nitrogen and oxygen atoms in total. The van der Waals surface area contributed by atoms with E-state index < -0.39 is 0 Å². The lowest BCUT2D eigenvalue weighted by molar-refractivity contribution is 0.0734. The van der Waals surface area contributed by atoms with Gasteiger partial charge in [0.25, 0.3) is 5.91 Å². The number of carbonyl (C=O) groups excluding carboxylic acids is 1. The minimum absolute atomic E-state index is 0.0531. The second-order valence-corrected chi connectivity index (χ2v) is 5.52. The van der Waals surface area contributed by atoms with E-state index in [4.69, 9.17) is 28.4 Å². The Morgan fingerprint density at radius 3 is 2.53 bits per heavy atom. The number of rotatable bonds is 1. The highest BCUT2D eigenvalue weighted by Gasteiger charge is 2.26. The van der Waals surface area contributed by atoms with Crippen LogP contribution >= 0.6 is 23.2 Å². The molecule has 2 rings (SSSR count). The molecular formula is C13H14Cl2N2O2. The van der Waals surface area contributed by atoms with Crippen LogP contribution in [0.1, 0.15) is 23.7 Å². The van der Waals surface area contributed by atoms with E-state index in [0.29, 0.717) is 35.1 Å². The van der Waals surface area contributed by atoms with E-state index in [1.807, 2.05) is 6.92 Å². The third kappa shape index (κ3) is 3.19. The summed E-state index contributed by atoms with van der Waals surface area (Å²) in [4.78, 5) is 14.1. The fraction of sp³-hybridized carbons (Fsp3) is 0.385. The highest BCUT2D eigenvalue weighted by atomic mass is 35.5. The van der Waals surface area contributed by atoms with Gasteiger partial charge < -0.3 is 10.1 Å². The van der Waals surface area contributed by atoms with Crippen molar-refractivity contribution < 1.29 is 10.0 Å². The summed E-state index contributed by atoms with van der Waals surface area (Å²) in [5.41, 5.74) is 1.21. The number of carbonyl (C=O) groups is 1. The van der Waals surface area contributed by atoms with Gasteiger partial charge in [-0.2, -0.15) is 0 Å². The van der Waals surface area contributed by atoms with Crippen LogP contribution < -0.4 is 0 Å². The molecule has 0 saturated carbocycles. The summed E-state index contributed by atoms with van der Waals surface area (Å²) in [6.45, 7) is 2.99. The van der Waals surface area contributed by atoms with Gasteiger partial charge in [-0.05, 0) is 18.2 Å². The number of hydrogen-bond acceptors (Lipinski definition) is 3. The summed E-state index contributed by atoms with van der Waals surface area (Å²) in [6.07, 6.45) is 0.581. The van der Waals surface area contributed by atoms with Crippen LogP contribution in [0.5, 0.6) is 0 Å². The molecule has 1 aromatic rings. The first-order chi connectivity index (χ1) is 9.01. The number of benzene rings is 1. The Hall–Kier alpha value is -1.26.